The highest BCUT2D eigenvalue weighted by Gasteiger charge is 2.19. The van der Waals surface area contributed by atoms with Crippen molar-refractivity contribution < 1.29 is 9.59 Å². The first-order valence-electron chi connectivity index (χ1n) is 5.68. The Kier molecular flexibility index (Phi) is 5.09. The van der Waals surface area contributed by atoms with Crippen molar-refractivity contribution in [3.8, 4) is 0 Å². The highest BCUT2D eigenvalue weighted by molar-refractivity contribution is 7.11. The molecule has 0 radical (unpaired) electrons. The molecule has 0 aliphatic carbocycles. The minimum absolute atomic E-state index is 0.110. The van der Waals surface area contributed by atoms with Gasteiger partial charge in [0.25, 0.3) is 5.91 Å². The summed E-state index contributed by atoms with van der Waals surface area (Å²) in [6.07, 6.45) is 2.77. The molecule has 0 bridgehead atoms. The van der Waals surface area contributed by atoms with E-state index in [1.807, 2.05) is 13.8 Å². The van der Waals surface area contributed by atoms with E-state index in [1.54, 1.807) is 0 Å². The van der Waals surface area contributed by atoms with Crippen molar-refractivity contribution in [2.45, 2.75) is 39.5 Å². The van der Waals surface area contributed by atoms with E-state index in [4.69, 9.17) is 5.73 Å². The molecule has 0 aliphatic rings. The fourth-order valence-electron chi connectivity index (χ4n) is 1.49. The number of hydrogen-bond acceptors (Lipinski definition) is 4. The number of carbonyl (C=O) groups excluding carboxylic acids is 2. The molecule has 6 heteroatoms. The molecule has 3 N–H and O–H groups in total. The maximum Gasteiger partial charge on any atom is 0.253 e. The van der Waals surface area contributed by atoms with Gasteiger partial charge in [0.1, 0.15) is 5.00 Å². The summed E-state index contributed by atoms with van der Waals surface area (Å²) >= 11 is 1.12. The average Bonchev–Trinajstić information content (AvgIpc) is 2.62. The van der Waals surface area contributed by atoms with Crippen molar-refractivity contribution in [3.05, 3.63) is 11.3 Å². The van der Waals surface area contributed by atoms with E-state index in [1.165, 1.54) is 0 Å². The van der Waals surface area contributed by atoms with Crippen LogP contribution in [0.3, 0.4) is 0 Å². The van der Waals surface area contributed by atoms with Crippen LogP contribution < -0.4 is 11.1 Å². The van der Waals surface area contributed by atoms with E-state index in [2.05, 4.69) is 9.69 Å². The lowest BCUT2D eigenvalue weighted by Crippen LogP contribution is -2.17. The van der Waals surface area contributed by atoms with Gasteiger partial charge in [-0.1, -0.05) is 20.3 Å². The summed E-state index contributed by atoms with van der Waals surface area (Å²) in [6.45, 7) is 3.92. The molecular weight excluding hydrogens is 238 g/mol. The van der Waals surface area contributed by atoms with Gasteiger partial charge >= 0.3 is 0 Å². The molecule has 0 atom stereocenters. The van der Waals surface area contributed by atoms with Gasteiger partial charge in [-0.25, -0.2) is 0 Å². The van der Waals surface area contributed by atoms with E-state index in [-0.39, 0.29) is 5.91 Å². The number of nitrogens with one attached hydrogen (secondary N) is 1. The third-order valence-corrected chi connectivity index (χ3v) is 3.03. The van der Waals surface area contributed by atoms with Crippen LogP contribution in [-0.4, -0.2) is 16.2 Å². The Morgan fingerprint density at radius 3 is 2.59 bits per heavy atom. The van der Waals surface area contributed by atoms with Crippen LogP contribution in [0.2, 0.25) is 0 Å². The summed E-state index contributed by atoms with van der Waals surface area (Å²) in [5.74, 6) is -0.643. The number of nitrogens with zero attached hydrogens (tertiary/aromatic N) is 1. The maximum atomic E-state index is 11.5. The van der Waals surface area contributed by atoms with E-state index < -0.39 is 5.91 Å². The number of aryl methyl sites for hydroxylation is 1. The van der Waals surface area contributed by atoms with E-state index >= 15 is 0 Å². The third-order valence-electron chi connectivity index (χ3n) is 2.23. The Hall–Kier alpha value is -1.43. The summed E-state index contributed by atoms with van der Waals surface area (Å²) in [5, 5.41) is 3.16. The van der Waals surface area contributed by atoms with Gasteiger partial charge < -0.3 is 11.1 Å². The molecule has 0 aliphatic heterocycles. The van der Waals surface area contributed by atoms with Crippen LogP contribution in [-0.2, 0) is 11.2 Å². The van der Waals surface area contributed by atoms with Gasteiger partial charge in [-0.3, -0.25) is 9.59 Å². The predicted molar refractivity (Wildman–Crippen MR) is 68.2 cm³/mol. The second-order valence-electron chi connectivity index (χ2n) is 3.75. The van der Waals surface area contributed by atoms with Gasteiger partial charge in [0.15, 0.2) is 0 Å². The van der Waals surface area contributed by atoms with Crippen LogP contribution in [0.15, 0.2) is 0 Å². The van der Waals surface area contributed by atoms with Gasteiger partial charge in [-0.05, 0) is 24.4 Å². The molecule has 0 aromatic carbocycles. The Balaban J connectivity index is 2.91. The van der Waals surface area contributed by atoms with Crippen LogP contribution >= 0.6 is 11.5 Å². The van der Waals surface area contributed by atoms with Crippen molar-refractivity contribution in [3.63, 3.8) is 0 Å². The number of carbonyl (C=O) groups is 2. The van der Waals surface area contributed by atoms with Gasteiger partial charge in [-0.15, -0.1) is 0 Å². The molecule has 17 heavy (non-hydrogen) atoms. The van der Waals surface area contributed by atoms with Gasteiger partial charge in [0.2, 0.25) is 5.91 Å². The lowest BCUT2D eigenvalue weighted by molar-refractivity contribution is -0.116. The number of nitrogens with two attached hydrogens (primary N) is 1. The monoisotopic (exact) mass is 255 g/mol. The summed E-state index contributed by atoms with van der Waals surface area (Å²) < 4.78 is 4.17. The number of anilines is 1. The predicted octanol–water partition coefficient (Wildman–Crippen LogP) is 1.93. The molecule has 0 saturated heterocycles. The third kappa shape index (κ3) is 3.52. The molecule has 0 fully saturated rings. The fourth-order valence-corrected chi connectivity index (χ4v) is 2.34. The Labute approximate surface area is 105 Å². The van der Waals surface area contributed by atoms with E-state index in [0.29, 0.717) is 29.1 Å². The first-order chi connectivity index (χ1) is 8.10. The lowest BCUT2D eigenvalue weighted by atomic mass is 10.1. The quantitative estimate of drug-likeness (QED) is 0.814. The highest BCUT2D eigenvalue weighted by atomic mass is 32.1. The molecule has 1 aromatic heterocycles. The second-order valence-corrected chi connectivity index (χ2v) is 4.52. The molecule has 1 rings (SSSR count). The highest BCUT2D eigenvalue weighted by Crippen LogP contribution is 2.25. The first kappa shape index (κ1) is 13.6. The Morgan fingerprint density at radius 1 is 1.35 bits per heavy atom. The molecule has 0 spiro atoms. The topological polar surface area (TPSA) is 85.1 Å². The fraction of sp³-hybridized carbons (Fsp3) is 0.545. The van der Waals surface area contributed by atoms with Crippen LogP contribution in [0.4, 0.5) is 5.00 Å². The SMILES string of the molecule is CCCC(=O)Nc1snc(CCC)c1C(N)=O. The second kappa shape index (κ2) is 6.34. The zero-order chi connectivity index (χ0) is 12.8. The first-order valence-corrected chi connectivity index (χ1v) is 6.45. The molecule has 0 unspecified atom stereocenters. The molecule has 94 valence electrons. The molecule has 2 amide bonds. The minimum atomic E-state index is -0.533. The number of hydrogen-bond donors (Lipinski definition) is 2. The van der Waals surface area contributed by atoms with Crippen molar-refractivity contribution >= 4 is 28.3 Å². The number of amides is 2. The van der Waals surface area contributed by atoms with Crippen molar-refractivity contribution in [1.82, 2.24) is 4.37 Å². The average molecular weight is 255 g/mol. The smallest absolute Gasteiger partial charge is 0.253 e. The molecule has 1 aromatic rings. The standard InChI is InChI=1S/C11H17N3O2S/c1-3-5-7-9(10(12)16)11(17-14-7)13-8(15)6-4-2/h3-6H2,1-2H3,(H2,12,16)(H,13,15). The van der Waals surface area contributed by atoms with Gasteiger partial charge in [0, 0.05) is 6.42 Å². The number of rotatable bonds is 6. The summed E-state index contributed by atoms with van der Waals surface area (Å²) in [7, 11) is 0. The molecule has 5 nitrogen and oxygen atoms in total. The van der Waals surface area contributed by atoms with Crippen LogP contribution in [0.25, 0.3) is 0 Å². The normalized spacial score (nSPS) is 10.2. The zero-order valence-corrected chi connectivity index (χ0v) is 10.9. The Morgan fingerprint density at radius 2 is 2.06 bits per heavy atom. The van der Waals surface area contributed by atoms with Gasteiger partial charge in [-0.2, -0.15) is 4.37 Å². The molecule has 0 saturated carbocycles. The molecule has 1 heterocycles. The summed E-state index contributed by atoms with van der Waals surface area (Å²) in [4.78, 5) is 22.8. The largest absolute Gasteiger partial charge is 0.365 e. The van der Waals surface area contributed by atoms with Crippen LogP contribution in [0.5, 0.6) is 0 Å². The van der Waals surface area contributed by atoms with Gasteiger partial charge in [0.05, 0.1) is 11.3 Å². The minimum Gasteiger partial charge on any atom is -0.365 e. The maximum absolute atomic E-state index is 11.5. The number of primary amides is 1. The van der Waals surface area contributed by atoms with Crippen molar-refractivity contribution in [1.29, 1.82) is 0 Å². The number of aromatic nitrogens is 1. The molecular formula is C11H17N3O2S. The summed E-state index contributed by atoms with van der Waals surface area (Å²) in [6, 6.07) is 0. The van der Waals surface area contributed by atoms with Crippen LogP contribution in [0.1, 0.15) is 49.2 Å². The van der Waals surface area contributed by atoms with E-state index in [0.717, 1.165) is 24.4 Å². The lowest BCUT2D eigenvalue weighted by Gasteiger charge is -2.03. The summed E-state index contributed by atoms with van der Waals surface area (Å²) in [5.41, 5.74) is 6.36. The van der Waals surface area contributed by atoms with Crippen LogP contribution in [0, 0.1) is 0 Å². The van der Waals surface area contributed by atoms with Crippen molar-refractivity contribution in [2.24, 2.45) is 5.73 Å². The van der Waals surface area contributed by atoms with E-state index in [9.17, 15) is 9.59 Å². The Bertz CT molecular complexity index is 415. The van der Waals surface area contributed by atoms with Crippen molar-refractivity contribution in [2.75, 3.05) is 5.32 Å². The zero-order valence-electron chi connectivity index (χ0n) is 10.1.